The van der Waals surface area contributed by atoms with Gasteiger partial charge in [0.2, 0.25) is 0 Å². The molecule has 0 radical (unpaired) electrons. The molecular weight excluding hydrogens is 284 g/mol. The Morgan fingerprint density at radius 2 is 1.91 bits per heavy atom. The summed E-state index contributed by atoms with van der Waals surface area (Å²) >= 11 is 0. The van der Waals surface area contributed by atoms with Gasteiger partial charge in [-0.25, -0.2) is 4.98 Å². The molecule has 0 amide bonds. The Morgan fingerprint density at radius 3 is 2.74 bits per heavy atom. The lowest BCUT2D eigenvalue weighted by atomic mass is 10.0. The first kappa shape index (κ1) is 13.2. The second-order valence-electron chi connectivity index (χ2n) is 5.18. The molecule has 4 rings (SSSR count). The minimum Gasteiger partial charge on any atom is -0.315 e. The summed E-state index contributed by atoms with van der Waals surface area (Å²) in [4.78, 5) is 8.30. The molecule has 0 bridgehead atoms. The molecule has 3 aromatic heterocycles. The molecule has 0 fully saturated rings. The van der Waals surface area contributed by atoms with Gasteiger partial charge in [0.1, 0.15) is 11.8 Å². The van der Waals surface area contributed by atoms with Crippen LogP contribution in [0.4, 0.5) is 0 Å². The monoisotopic (exact) mass is 296 g/mol. The number of hydrogen-bond acceptors (Lipinski definition) is 3. The van der Waals surface area contributed by atoms with Crippen molar-refractivity contribution >= 4 is 10.9 Å². The number of fused-ring (bicyclic) bond motifs is 1. The molecule has 23 heavy (non-hydrogen) atoms. The van der Waals surface area contributed by atoms with E-state index in [2.05, 4.69) is 38.8 Å². The molecule has 0 saturated carbocycles. The van der Waals surface area contributed by atoms with Gasteiger partial charge in [-0.1, -0.05) is 6.07 Å². The van der Waals surface area contributed by atoms with Crippen LogP contribution in [0.3, 0.4) is 0 Å². The summed E-state index contributed by atoms with van der Waals surface area (Å²) < 4.78 is 2.10. The molecule has 0 aliphatic rings. The number of pyridine rings is 2. The van der Waals surface area contributed by atoms with E-state index < -0.39 is 0 Å². The normalized spacial score (nSPS) is 10.6. The number of nitriles is 1. The Kier molecular flexibility index (Phi) is 3.10. The predicted molar refractivity (Wildman–Crippen MR) is 89.0 cm³/mol. The summed E-state index contributed by atoms with van der Waals surface area (Å²) in [6.45, 7) is 0. The van der Waals surface area contributed by atoms with Crippen molar-refractivity contribution in [3.63, 3.8) is 0 Å². The summed E-state index contributed by atoms with van der Waals surface area (Å²) in [5.41, 5.74) is 4.41. The molecule has 0 atom stereocenters. The lowest BCUT2D eigenvalue weighted by Gasteiger charge is -2.07. The van der Waals surface area contributed by atoms with Crippen LogP contribution in [0.25, 0.3) is 27.7 Å². The van der Waals surface area contributed by atoms with Crippen molar-refractivity contribution in [2.24, 2.45) is 0 Å². The second kappa shape index (κ2) is 5.39. The highest BCUT2D eigenvalue weighted by molar-refractivity contribution is 5.87. The van der Waals surface area contributed by atoms with E-state index in [1.165, 1.54) is 0 Å². The average molecular weight is 296 g/mol. The van der Waals surface area contributed by atoms with Gasteiger partial charge < -0.3 is 4.57 Å². The van der Waals surface area contributed by atoms with Crippen LogP contribution in [0.2, 0.25) is 0 Å². The van der Waals surface area contributed by atoms with Crippen LogP contribution in [0.5, 0.6) is 0 Å². The third kappa shape index (κ3) is 2.25. The van der Waals surface area contributed by atoms with Crippen molar-refractivity contribution in [1.29, 1.82) is 5.26 Å². The van der Waals surface area contributed by atoms with Gasteiger partial charge in [-0.3, -0.25) is 4.98 Å². The van der Waals surface area contributed by atoms with Crippen LogP contribution >= 0.6 is 0 Å². The maximum Gasteiger partial charge on any atom is 0.148 e. The van der Waals surface area contributed by atoms with Crippen molar-refractivity contribution < 1.29 is 0 Å². The Bertz CT molecular complexity index is 1030. The van der Waals surface area contributed by atoms with Crippen LogP contribution in [0.15, 0.2) is 73.3 Å². The highest BCUT2D eigenvalue weighted by atomic mass is 15.0. The third-order valence-corrected chi connectivity index (χ3v) is 3.84. The largest absolute Gasteiger partial charge is 0.315 e. The Hall–Kier alpha value is -3.45. The molecule has 3 heterocycles. The standard InChI is InChI=1S/C19H12N4/c20-12-18-17(4-2-9-22-18)14-5-6-19-15(11-14)7-10-23(19)16-3-1-8-21-13-16/h1-11,13H. The van der Waals surface area contributed by atoms with Gasteiger partial charge in [-0.05, 0) is 48.0 Å². The topological polar surface area (TPSA) is 54.5 Å². The van der Waals surface area contributed by atoms with Crippen LogP contribution in [0, 0.1) is 11.3 Å². The molecule has 108 valence electrons. The number of rotatable bonds is 2. The van der Waals surface area contributed by atoms with E-state index in [4.69, 9.17) is 0 Å². The van der Waals surface area contributed by atoms with Gasteiger partial charge in [-0.2, -0.15) is 5.26 Å². The van der Waals surface area contributed by atoms with Crippen molar-refractivity contribution in [3.8, 4) is 22.9 Å². The van der Waals surface area contributed by atoms with E-state index in [1.807, 2.05) is 42.7 Å². The Labute approximate surface area is 133 Å². The molecule has 4 nitrogen and oxygen atoms in total. The molecule has 4 aromatic rings. The van der Waals surface area contributed by atoms with Crippen molar-refractivity contribution in [1.82, 2.24) is 14.5 Å². The van der Waals surface area contributed by atoms with E-state index in [9.17, 15) is 5.26 Å². The molecule has 0 aliphatic heterocycles. The zero-order valence-corrected chi connectivity index (χ0v) is 12.2. The molecule has 0 saturated heterocycles. The van der Waals surface area contributed by atoms with Gasteiger partial charge >= 0.3 is 0 Å². The third-order valence-electron chi connectivity index (χ3n) is 3.84. The first-order valence-electron chi connectivity index (χ1n) is 7.24. The molecule has 1 aromatic carbocycles. The predicted octanol–water partition coefficient (Wildman–Crippen LogP) is 3.96. The Balaban J connectivity index is 1.87. The molecule has 0 N–H and O–H groups in total. The van der Waals surface area contributed by atoms with Gasteiger partial charge in [0.15, 0.2) is 0 Å². The lowest BCUT2D eigenvalue weighted by Crippen LogP contribution is -1.92. The quantitative estimate of drug-likeness (QED) is 0.562. The minimum absolute atomic E-state index is 0.443. The Morgan fingerprint density at radius 1 is 1.00 bits per heavy atom. The SMILES string of the molecule is N#Cc1ncccc1-c1ccc2c(ccn2-c2cccnc2)c1. The van der Waals surface area contributed by atoms with E-state index in [0.717, 1.165) is 27.7 Å². The number of hydrogen-bond donors (Lipinski definition) is 0. The molecule has 0 spiro atoms. The maximum absolute atomic E-state index is 9.22. The number of aromatic nitrogens is 3. The van der Waals surface area contributed by atoms with Gasteiger partial charge in [-0.15, -0.1) is 0 Å². The fourth-order valence-electron chi connectivity index (χ4n) is 2.76. The first-order valence-corrected chi connectivity index (χ1v) is 7.24. The van der Waals surface area contributed by atoms with Crippen molar-refractivity contribution in [2.75, 3.05) is 0 Å². The van der Waals surface area contributed by atoms with Crippen molar-refractivity contribution in [2.45, 2.75) is 0 Å². The highest BCUT2D eigenvalue weighted by Gasteiger charge is 2.08. The average Bonchev–Trinajstić information content (AvgIpc) is 3.05. The molecule has 0 aliphatic carbocycles. The van der Waals surface area contributed by atoms with E-state index in [-0.39, 0.29) is 0 Å². The summed E-state index contributed by atoms with van der Waals surface area (Å²) in [6.07, 6.45) is 7.26. The van der Waals surface area contributed by atoms with Crippen LogP contribution in [-0.4, -0.2) is 14.5 Å². The smallest absolute Gasteiger partial charge is 0.148 e. The fraction of sp³-hybridized carbons (Fsp3) is 0. The summed E-state index contributed by atoms with van der Waals surface area (Å²) in [5.74, 6) is 0. The summed E-state index contributed by atoms with van der Waals surface area (Å²) in [7, 11) is 0. The van der Waals surface area contributed by atoms with E-state index >= 15 is 0 Å². The van der Waals surface area contributed by atoms with Crippen molar-refractivity contribution in [3.05, 3.63) is 79.0 Å². The van der Waals surface area contributed by atoms with Crippen LogP contribution < -0.4 is 0 Å². The van der Waals surface area contributed by atoms with Gasteiger partial charge in [0.25, 0.3) is 0 Å². The summed E-state index contributed by atoms with van der Waals surface area (Å²) in [6, 6.07) is 18.1. The molecule has 0 unspecified atom stereocenters. The number of nitrogens with zero attached hydrogens (tertiary/aromatic N) is 4. The minimum atomic E-state index is 0.443. The van der Waals surface area contributed by atoms with Crippen LogP contribution in [0.1, 0.15) is 5.69 Å². The zero-order chi connectivity index (χ0) is 15.6. The summed E-state index contributed by atoms with van der Waals surface area (Å²) in [5, 5.41) is 10.3. The molecule has 4 heteroatoms. The van der Waals surface area contributed by atoms with Crippen LogP contribution in [-0.2, 0) is 0 Å². The first-order chi connectivity index (χ1) is 11.4. The molecular formula is C19H12N4. The number of benzene rings is 1. The highest BCUT2D eigenvalue weighted by Crippen LogP contribution is 2.28. The fourth-order valence-corrected chi connectivity index (χ4v) is 2.76. The second-order valence-corrected chi connectivity index (χ2v) is 5.18. The van der Waals surface area contributed by atoms with E-state index in [1.54, 1.807) is 12.4 Å². The zero-order valence-electron chi connectivity index (χ0n) is 12.2. The van der Waals surface area contributed by atoms with E-state index in [0.29, 0.717) is 5.69 Å². The van der Waals surface area contributed by atoms with Gasteiger partial charge in [0.05, 0.1) is 17.4 Å². The van der Waals surface area contributed by atoms with Gasteiger partial charge in [0, 0.05) is 29.5 Å². The lowest BCUT2D eigenvalue weighted by molar-refractivity contribution is 1.10. The maximum atomic E-state index is 9.22.